The Morgan fingerprint density at radius 1 is 1.08 bits per heavy atom. The van der Waals surface area contributed by atoms with E-state index in [1.54, 1.807) is 42.8 Å². The molecule has 10 heteroatoms. The Balaban J connectivity index is 1.55. The maximum Gasteiger partial charge on any atom is 0.269 e. The number of rotatable bonds is 4. The van der Waals surface area contributed by atoms with Crippen LogP contribution in [-0.2, 0) is 7.05 Å². The first-order valence-corrected chi connectivity index (χ1v) is 12.4. The van der Waals surface area contributed by atoms with Crippen LogP contribution in [-0.4, -0.2) is 44.6 Å². The molecule has 0 bridgehead atoms. The summed E-state index contributed by atoms with van der Waals surface area (Å²) in [5, 5.41) is 10.6. The third-order valence-electron chi connectivity index (χ3n) is 6.82. The number of nitriles is 1. The standard InChI is InChI=1S/C26H24F2N6OS/c1-15-13-34(25(20-14-36-26(28)31-20)17-4-6-18(27)7-5-17)16(2)12-33(15)22-10-23(35)32(3)21-9-8-19(11-29)30-24(21)22/h4-10,14-16,25H,12-13H2,1-3H3/t15-,16+,25?/m0/s1. The molecule has 0 amide bonds. The number of anilines is 1. The van der Waals surface area contributed by atoms with Crippen LogP contribution in [0.4, 0.5) is 14.5 Å². The van der Waals surface area contributed by atoms with Gasteiger partial charge in [0.15, 0.2) is 0 Å². The second-order valence-corrected chi connectivity index (χ2v) is 9.94. The fourth-order valence-electron chi connectivity index (χ4n) is 5.01. The Kier molecular flexibility index (Phi) is 6.28. The van der Waals surface area contributed by atoms with Crippen LogP contribution in [0.5, 0.6) is 0 Å². The van der Waals surface area contributed by atoms with Crippen LogP contribution in [0, 0.1) is 22.4 Å². The van der Waals surface area contributed by atoms with Crippen molar-refractivity contribution < 1.29 is 8.78 Å². The number of thiazole rings is 1. The summed E-state index contributed by atoms with van der Waals surface area (Å²) in [5.74, 6) is -0.338. The Labute approximate surface area is 210 Å². The Morgan fingerprint density at radius 3 is 2.50 bits per heavy atom. The van der Waals surface area contributed by atoms with Crippen molar-refractivity contribution >= 4 is 28.1 Å². The number of halogens is 2. The van der Waals surface area contributed by atoms with E-state index in [9.17, 15) is 18.8 Å². The average Bonchev–Trinajstić information content (AvgIpc) is 3.30. The second kappa shape index (κ2) is 9.41. The smallest absolute Gasteiger partial charge is 0.269 e. The van der Waals surface area contributed by atoms with Crippen molar-refractivity contribution in [1.29, 1.82) is 5.26 Å². The lowest BCUT2D eigenvalue weighted by Crippen LogP contribution is -2.57. The minimum absolute atomic E-state index is 0.0285. The van der Waals surface area contributed by atoms with Gasteiger partial charge in [0.25, 0.3) is 10.8 Å². The van der Waals surface area contributed by atoms with Gasteiger partial charge in [-0.05, 0) is 43.7 Å². The number of hydrogen-bond donors (Lipinski definition) is 0. The summed E-state index contributed by atoms with van der Waals surface area (Å²) in [4.78, 5) is 25.8. The first-order valence-electron chi connectivity index (χ1n) is 11.6. The molecule has 0 saturated carbocycles. The quantitative estimate of drug-likeness (QED) is 0.412. The number of pyridine rings is 2. The molecule has 0 aliphatic carbocycles. The zero-order chi connectivity index (χ0) is 25.6. The molecular weight excluding hydrogens is 482 g/mol. The molecule has 0 spiro atoms. The number of nitrogens with zero attached hydrogens (tertiary/aromatic N) is 6. The Bertz CT molecular complexity index is 1530. The summed E-state index contributed by atoms with van der Waals surface area (Å²) in [6, 6.07) is 12.8. The van der Waals surface area contributed by atoms with Gasteiger partial charge in [0.2, 0.25) is 0 Å². The largest absolute Gasteiger partial charge is 0.364 e. The number of piperazine rings is 1. The zero-order valence-corrected chi connectivity index (χ0v) is 20.8. The monoisotopic (exact) mass is 506 g/mol. The molecule has 184 valence electrons. The number of aromatic nitrogens is 3. The van der Waals surface area contributed by atoms with Crippen molar-refractivity contribution in [2.24, 2.45) is 7.05 Å². The lowest BCUT2D eigenvalue weighted by atomic mass is 9.97. The van der Waals surface area contributed by atoms with Crippen LogP contribution >= 0.6 is 11.3 Å². The summed E-state index contributed by atoms with van der Waals surface area (Å²) < 4.78 is 29.1. The van der Waals surface area contributed by atoms with Gasteiger partial charge >= 0.3 is 0 Å². The summed E-state index contributed by atoms with van der Waals surface area (Å²) in [7, 11) is 1.69. The van der Waals surface area contributed by atoms with E-state index in [1.165, 1.54) is 16.7 Å². The molecule has 1 saturated heterocycles. The SMILES string of the molecule is C[C@@H]1CN(c2cc(=O)n(C)c3ccc(C#N)nc23)[C@@H](C)CN1C(c1ccc(F)cc1)c1csc(F)n1. The van der Waals surface area contributed by atoms with Gasteiger partial charge in [-0.1, -0.05) is 23.5 Å². The minimum Gasteiger partial charge on any atom is -0.364 e. The highest BCUT2D eigenvalue weighted by Gasteiger charge is 2.37. The first-order chi connectivity index (χ1) is 17.3. The normalized spacial score (nSPS) is 19.4. The molecule has 36 heavy (non-hydrogen) atoms. The zero-order valence-electron chi connectivity index (χ0n) is 20.0. The number of fused-ring (bicyclic) bond motifs is 1. The molecule has 1 unspecified atom stereocenters. The molecule has 1 aromatic carbocycles. The van der Waals surface area contributed by atoms with Gasteiger partial charge in [0, 0.05) is 43.7 Å². The number of hydrogen-bond acceptors (Lipinski definition) is 7. The highest BCUT2D eigenvalue weighted by molar-refractivity contribution is 7.08. The molecular formula is C26H24F2N6OS. The maximum atomic E-state index is 13.9. The van der Waals surface area contributed by atoms with E-state index in [2.05, 4.69) is 39.7 Å². The third-order valence-corrected chi connectivity index (χ3v) is 7.46. The number of aryl methyl sites for hydroxylation is 1. The fourth-order valence-corrected chi connectivity index (χ4v) is 5.57. The van der Waals surface area contributed by atoms with Crippen molar-refractivity contribution in [2.45, 2.75) is 32.0 Å². The Morgan fingerprint density at radius 2 is 1.83 bits per heavy atom. The van der Waals surface area contributed by atoms with Crippen molar-refractivity contribution in [1.82, 2.24) is 19.4 Å². The van der Waals surface area contributed by atoms with Crippen LogP contribution in [0.25, 0.3) is 11.0 Å². The molecule has 5 rings (SSSR count). The van der Waals surface area contributed by atoms with Crippen LogP contribution in [0.3, 0.4) is 0 Å². The Hall–Kier alpha value is -3.68. The van der Waals surface area contributed by atoms with Crippen LogP contribution < -0.4 is 10.5 Å². The molecule has 7 nitrogen and oxygen atoms in total. The van der Waals surface area contributed by atoms with Gasteiger partial charge in [-0.25, -0.2) is 14.4 Å². The van der Waals surface area contributed by atoms with E-state index < -0.39 is 5.26 Å². The molecule has 0 N–H and O–H groups in total. The summed E-state index contributed by atoms with van der Waals surface area (Å²) in [6.07, 6.45) is 0. The lowest BCUT2D eigenvalue weighted by molar-refractivity contribution is 0.128. The van der Waals surface area contributed by atoms with Gasteiger partial charge in [-0.2, -0.15) is 9.65 Å². The third kappa shape index (κ3) is 4.25. The summed E-state index contributed by atoms with van der Waals surface area (Å²) in [5.41, 5.74) is 3.46. The highest BCUT2D eigenvalue weighted by atomic mass is 32.1. The van der Waals surface area contributed by atoms with E-state index >= 15 is 0 Å². The highest BCUT2D eigenvalue weighted by Crippen LogP contribution is 2.36. The number of benzene rings is 1. The van der Waals surface area contributed by atoms with E-state index in [-0.39, 0.29) is 35.2 Å². The van der Waals surface area contributed by atoms with Gasteiger partial charge in [0.05, 0.1) is 22.9 Å². The molecule has 1 fully saturated rings. The van der Waals surface area contributed by atoms with Gasteiger partial charge in [0.1, 0.15) is 23.1 Å². The van der Waals surface area contributed by atoms with E-state index in [0.717, 1.165) is 16.9 Å². The van der Waals surface area contributed by atoms with Crippen molar-refractivity contribution in [2.75, 3.05) is 18.0 Å². The molecule has 1 aliphatic heterocycles. The van der Waals surface area contributed by atoms with Gasteiger partial charge in [-0.3, -0.25) is 9.69 Å². The average molecular weight is 507 g/mol. The van der Waals surface area contributed by atoms with Crippen molar-refractivity contribution in [3.8, 4) is 6.07 Å². The molecule has 4 aromatic rings. The molecule has 3 atom stereocenters. The molecule has 4 heterocycles. The van der Waals surface area contributed by atoms with Gasteiger partial charge < -0.3 is 9.47 Å². The molecule has 0 radical (unpaired) electrons. The predicted octanol–water partition coefficient (Wildman–Crippen LogP) is 4.23. The topological polar surface area (TPSA) is 78.0 Å². The van der Waals surface area contributed by atoms with E-state index in [1.807, 2.05) is 0 Å². The summed E-state index contributed by atoms with van der Waals surface area (Å²) >= 11 is 0.941. The molecule has 1 aliphatic rings. The lowest BCUT2D eigenvalue weighted by Gasteiger charge is -2.48. The predicted molar refractivity (Wildman–Crippen MR) is 135 cm³/mol. The van der Waals surface area contributed by atoms with Crippen molar-refractivity contribution in [3.05, 3.63) is 86.2 Å². The van der Waals surface area contributed by atoms with Gasteiger partial charge in [-0.15, -0.1) is 0 Å². The van der Waals surface area contributed by atoms with E-state index in [0.29, 0.717) is 35.5 Å². The van der Waals surface area contributed by atoms with Crippen LogP contribution in [0.15, 0.2) is 52.6 Å². The minimum atomic E-state index is -0.512. The summed E-state index contributed by atoms with van der Waals surface area (Å²) in [6.45, 7) is 5.26. The fraction of sp³-hybridized carbons (Fsp3) is 0.308. The van der Waals surface area contributed by atoms with Crippen molar-refractivity contribution in [3.63, 3.8) is 0 Å². The van der Waals surface area contributed by atoms with E-state index in [4.69, 9.17) is 0 Å². The first kappa shape index (κ1) is 24.0. The second-order valence-electron chi connectivity index (χ2n) is 9.13. The maximum absolute atomic E-state index is 13.9. The van der Waals surface area contributed by atoms with Crippen LogP contribution in [0.1, 0.15) is 36.8 Å². The van der Waals surface area contributed by atoms with Crippen LogP contribution in [0.2, 0.25) is 0 Å². The molecule has 3 aromatic heterocycles.